The smallest absolute Gasteiger partial charge is 0.101 e. The van der Waals surface area contributed by atoms with Crippen LogP contribution in [0.1, 0.15) is 26.7 Å². The Hall–Kier alpha value is -0.190. The van der Waals surface area contributed by atoms with Gasteiger partial charge in [0.1, 0.15) is 6.10 Å². The molecule has 0 unspecified atom stereocenters. The summed E-state index contributed by atoms with van der Waals surface area (Å²) in [5, 5.41) is 0. The maximum absolute atomic E-state index is 11.7. The molecule has 0 aromatic carbocycles. The van der Waals surface area contributed by atoms with Crippen LogP contribution < -0.4 is 0 Å². The molecule has 86 valence electrons. The minimum Gasteiger partial charge on any atom is -0.383 e. The third-order valence-electron chi connectivity index (χ3n) is 2.27. The van der Waals surface area contributed by atoms with Gasteiger partial charge in [0, 0.05) is 26.7 Å². The van der Waals surface area contributed by atoms with Crippen LogP contribution in [-0.4, -0.2) is 44.4 Å². The Bertz CT molecular complexity index is 117. The summed E-state index contributed by atoms with van der Waals surface area (Å²) in [4.78, 5) is 6.05. The van der Waals surface area contributed by atoms with Crippen LogP contribution in [0.25, 0.3) is 0 Å². The third-order valence-corrected chi connectivity index (χ3v) is 2.27. The second kappa shape index (κ2) is 9.37. The molecule has 1 saturated heterocycles. The number of nitrogens with zero attached hydrogens (tertiary/aromatic N) is 1. The number of likely N-dealkylation sites (tertiary alicyclic amines) is 1. The van der Waals surface area contributed by atoms with Crippen molar-refractivity contribution in [3.05, 3.63) is 0 Å². The van der Waals surface area contributed by atoms with Crippen molar-refractivity contribution in [2.75, 3.05) is 33.4 Å². The van der Waals surface area contributed by atoms with Gasteiger partial charge in [0.15, 0.2) is 0 Å². The van der Waals surface area contributed by atoms with Gasteiger partial charge < -0.3 is 9.64 Å². The van der Waals surface area contributed by atoms with E-state index in [9.17, 15) is 4.53 Å². The zero-order chi connectivity index (χ0) is 10.8. The molecule has 0 N–H and O–H groups in total. The van der Waals surface area contributed by atoms with Gasteiger partial charge in [0.2, 0.25) is 0 Å². The number of rotatable bonds is 4. The molecule has 0 spiro atoms. The molecule has 0 aliphatic carbocycles. The molecule has 4 heteroatoms. The van der Waals surface area contributed by atoms with E-state index in [0.717, 1.165) is 39.1 Å². The lowest BCUT2D eigenvalue weighted by Gasteiger charge is -2.29. The second-order valence-corrected chi connectivity index (χ2v) is 3.12. The van der Waals surface area contributed by atoms with Gasteiger partial charge in [-0.2, -0.15) is 4.94 Å². The molecule has 1 aliphatic heterocycles. The Balaban J connectivity index is 0.000000791. The molecular formula is C10H22FNO2. The van der Waals surface area contributed by atoms with Crippen molar-refractivity contribution in [2.45, 2.75) is 32.8 Å². The van der Waals surface area contributed by atoms with Crippen molar-refractivity contribution >= 4 is 0 Å². The number of hydrogen-bond donors (Lipinski definition) is 0. The lowest BCUT2D eigenvalue weighted by Crippen LogP contribution is -2.38. The van der Waals surface area contributed by atoms with Crippen molar-refractivity contribution in [3.63, 3.8) is 0 Å². The summed E-state index contributed by atoms with van der Waals surface area (Å²) in [5.41, 5.74) is 0. The summed E-state index contributed by atoms with van der Waals surface area (Å²) in [5.74, 6) is 0. The Morgan fingerprint density at radius 1 is 1.29 bits per heavy atom. The van der Waals surface area contributed by atoms with Crippen LogP contribution in [0.5, 0.6) is 0 Å². The first kappa shape index (κ1) is 13.8. The van der Waals surface area contributed by atoms with E-state index in [-0.39, 0.29) is 6.10 Å². The summed E-state index contributed by atoms with van der Waals surface area (Å²) in [6.07, 6.45) is 1.41. The molecule has 1 aliphatic rings. The second-order valence-electron chi connectivity index (χ2n) is 3.12. The van der Waals surface area contributed by atoms with Crippen molar-refractivity contribution < 1.29 is 14.2 Å². The summed E-state index contributed by atoms with van der Waals surface area (Å²) < 4.78 is 16.7. The van der Waals surface area contributed by atoms with Crippen molar-refractivity contribution in [2.24, 2.45) is 0 Å². The maximum atomic E-state index is 11.7. The van der Waals surface area contributed by atoms with E-state index in [2.05, 4.69) is 9.84 Å². The molecule has 1 heterocycles. The van der Waals surface area contributed by atoms with Crippen LogP contribution in [0.15, 0.2) is 0 Å². The molecule has 1 rings (SSSR count). The molecular weight excluding hydrogens is 185 g/mol. The van der Waals surface area contributed by atoms with E-state index in [0.29, 0.717) is 0 Å². The average molecular weight is 207 g/mol. The van der Waals surface area contributed by atoms with E-state index in [1.165, 1.54) is 0 Å². The van der Waals surface area contributed by atoms with Gasteiger partial charge in [-0.25, -0.2) is 0 Å². The van der Waals surface area contributed by atoms with E-state index >= 15 is 0 Å². The van der Waals surface area contributed by atoms with Crippen LogP contribution >= 0.6 is 0 Å². The maximum Gasteiger partial charge on any atom is 0.101 e. The highest BCUT2D eigenvalue weighted by molar-refractivity contribution is 4.71. The Kier molecular flexibility index (Phi) is 9.24. The lowest BCUT2D eigenvalue weighted by atomic mass is 10.1. The Labute approximate surface area is 86.1 Å². The molecule has 0 atom stereocenters. The van der Waals surface area contributed by atoms with Crippen LogP contribution in [0.2, 0.25) is 0 Å². The van der Waals surface area contributed by atoms with E-state index in [1.807, 2.05) is 13.8 Å². The van der Waals surface area contributed by atoms with Gasteiger partial charge in [0.05, 0.1) is 6.61 Å². The zero-order valence-corrected chi connectivity index (χ0v) is 9.46. The zero-order valence-electron chi connectivity index (χ0n) is 9.46. The van der Waals surface area contributed by atoms with Gasteiger partial charge in [-0.15, -0.1) is 0 Å². The lowest BCUT2D eigenvalue weighted by molar-refractivity contribution is -0.191. The van der Waals surface area contributed by atoms with Crippen LogP contribution in [0, 0.1) is 0 Å². The predicted molar refractivity (Wildman–Crippen MR) is 54.9 cm³/mol. The summed E-state index contributed by atoms with van der Waals surface area (Å²) >= 11 is 0. The van der Waals surface area contributed by atoms with E-state index in [4.69, 9.17) is 4.74 Å². The molecule has 14 heavy (non-hydrogen) atoms. The fourth-order valence-electron chi connectivity index (χ4n) is 1.44. The first-order chi connectivity index (χ1) is 6.86. The van der Waals surface area contributed by atoms with Crippen molar-refractivity contribution in [1.29, 1.82) is 0 Å². The van der Waals surface area contributed by atoms with Gasteiger partial charge in [-0.05, 0) is 17.4 Å². The molecule has 0 aromatic heterocycles. The van der Waals surface area contributed by atoms with Crippen molar-refractivity contribution in [1.82, 2.24) is 4.90 Å². The number of methoxy groups -OCH3 is 1. The van der Waals surface area contributed by atoms with Crippen LogP contribution in [0.4, 0.5) is 4.53 Å². The molecule has 0 amide bonds. The number of halogens is 1. The van der Waals surface area contributed by atoms with Gasteiger partial charge in [0.25, 0.3) is 0 Å². The predicted octanol–water partition coefficient (Wildman–Crippen LogP) is 2.02. The highest BCUT2D eigenvalue weighted by atomic mass is 19.3. The number of hydrogen-bond acceptors (Lipinski definition) is 3. The molecule has 0 aromatic rings. The highest BCUT2D eigenvalue weighted by Crippen LogP contribution is 2.13. The molecule has 0 saturated carbocycles. The first-order valence-corrected chi connectivity index (χ1v) is 5.35. The van der Waals surface area contributed by atoms with Gasteiger partial charge >= 0.3 is 0 Å². The van der Waals surface area contributed by atoms with Crippen LogP contribution in [-0.2, 0) is 9.68 Å². The third kappa shape index (κ3) is 5.52. The number of piperidine rings is 1. The number of ether oxygens (including phenoxy) is 1. The Morgan fingerprint density at radius 2 is 1.86 bits per heavy atom. The summed E-state index contributed by atoms with van der Waals surface area (Å²) in [7, 11) is 1.69. The molecule has 3 nitrogen and oxygen atoms in total. The standard InChI is InChI=1S/C8H16FNO2.C2H6/c1-11-7-6-10-4-2-8(12-9)3-5-10;1-2/h8H,2-7H2,1H3;1-2H3. The molecule has 0 bridgehead atoms. The quantitative estimate of drug-likeness (QED) is 0.704. The Morgan fingerprint density at radius 3 is 2.29 bits per heavy atom. The topological polar surface area (TPSA) is 21.7 Å². The minimum atomic E-state index is -0.177. The van der Waals surface area contributed by atoms with Gasteiger partial charge in [-0.3, -0.25) is 0 Å². The van der Waals surface area contributed by atoms with Gasteiger partial charge in [-0.1, -0.05) is 13.8 Å². The molecule has 0 radical (unpaired) electrons. The normalized spacial score (nSPS) is 18.9. The largest absolute Gasteiger partial charge is 0.383 e. The van der Waals surface area contributed by atoms with E-state index < -0.39 is 0 Å². The first-order valence-electron chi connectivity index (χ1n) is 5.35. The summed E-state index contributed by atoms with van der Waals surface area (Å²) in [6.45, 7) is 7.52. The molecule has 1 fully saturated rings. The summed E-state index contributed by atoms with van der Waals surface area (Å²) in [6, 6.07) is 0. The van der Waals surface area contributed by atoms with E-state index in [1.54, 1.807) is 7.11 Å². The average Bonchev–Trinajstić information content (AvgIpc) is 2.30. The fraction of sp³-hybridized carbons (Fsp3) is 1.00. The fourth-order valence-corrected chi connectivity index (χ4v) is 1.44. The monoisotopic (exact) mass is 207 g/mol. The minimum absolute atomic E-state index is 0.177. The van der Waals surface area contributed by atoms with Crippen LogP contribution in [0.3, 0.4) is 0 Å². The van der Waals surface area contributed by atoms with Crippen molar-refractivity contribution in [3.8, 4) is 0 Å². The SMILES string of the molecule is CC.COCCN1CCC(OF)CC1. The highest BCUT2D eigenvalue weighted by Gasteiger charge is 2.19.